The molecule has 9 heteroatoms. The minimum Gasteiger partial charge on any atom is -0.469 e. The third-order valence-electron chi connectivity index (χ3n) is 8.67. The van der Waals surface area contributed by atoms with Crippen LogP contribution in [0, 0.1) is 11.8 Å². The average molecular weight is 548 g/mol. The fourth-order valence-electron chi connectivity index (χ4n) is 5.85. The highest BCUT2D eigenvalue weighted by Crippen LogP contribution is 2.39. The van der Waals surface area contributed by atoms with E-state index < -0.39 is 0 Å². The van der Waals surface area contributed by atoms with Gasteiger partial charge in [0.2, 0.25) is 5.95 Å². The third kappa shape index (κ3) is 6.14. The van der Waals surface area contributed by atoms with Crippen LogP contribution in [0.1, 0.15) is 68.7 Å². The lowest BCUT2D eigenvalue weighted by Crippen LogP contribution is -2.38. The van der Waals surface area contributed by atoms with Gasteiger partial charge in [-0.3, -0.25) is 4.79 Å². The molecule has 6 rings (SSSR count). The number of carbonyl (C=O) groups excluding carboxylic acids is 1. The first-order valence-corrected chi connectivity index (χ1v) is 15.2. The predicted molar refractivity (Wildman–Crippen MR) is 152 cm³/mol. The Morgan fingerprint density at radius 3 is 2.23 bits per heavy atom. The number of piperidine rings is 1. The Labute approximate surface area is 234 Å². The number of anilines is 1. The molecule has 0 amide bonds. The van der Waals surface area contributed by atoms with E-state index in [4.69, 9.17) is 9.47 Å². The zero-order valence-electron chi connectivity index (χ0n) is 22.6. The van der Waals surface area contributed by atoms with Crippen LogP contribution in [-0.4, -0.2) is 59.0 Å². The second kappa shape index (κ2) is 12.1. The van der Waals surface area contributed by atoms with Crippen molar-refractivity contribution >= 4 is 23.3 Å². The Morgan fingerprint density at radius 1 is 0.897 bits per heavy atom. The molecule has 8 nitrogen and oxygen atoms in total. The minimum absolute atomic E-state index is 0.0253. The van der Waals surface area contributed by atoms with Crippen molar-refractivity contribution in [3.63, 3.8) is 0 Å². The molecule has 3 heterocycles. The van der Waals surface area contributed by atoms with E-state index in [1.165, 1.54) is 26.4 Å². The monoisotopic (exact) mass is 547 g/mol. The highest BCUT2D eigenvalue weighted by atomic mass is 32.1. The molecule has 0 radical (unpaired) electrons. The van der Waals surface area contributed by atoms with Crippen molar-refractivity contribution in [2.75, 3.05) is 31.7 Å². The number of ether oxygens (including phenoxy) is 2. The molecule has 3 aliphatic rings. The Balaban J connectivity index is 1.02. The first-order valence-electron chi connectivity index (χ1n) is 14.4. The lowest BCUT2D eigenvalue weighted by molar-refractivity contribution is -0.146. The number of hydrogen-bond acceptors (Lipinski definition) is 9. The van der Waals surface area contributed by atoms with Crippen LogP contribution in [0.5, 0.6) is 0 Å². The number of aromatic nitrogens is 4. The van der Waals surface area contributed by atoms with Gasteiger partial charge < -0.3 is 14.4 Å². The molecule has 2 aliphatic carbocycles. The van der Waals surface area contributed by atoms with Crippen molar-refractivity contribution in [3.8, 4) is 21.7 Å². The molecule has 0 bridgehead atoms. The summed E-state index contributed by atoms with van der Waals surface area (Å²) in [5, 5.41) is 11.0. The van der Waals surface area contributed by atoms with Crippen LogP contribution in [0.2, 0.25) is 0 Å². The van der Waals surface area contributed by atoms with Gasteiger partial charge in [-0.2, -0.15) is 0 Å². The van der Waals surface area contributed by atoms with Crippen LogP contribution in [0.4, 0.5) is 5.95 Å². The van der Waals surface area contributed by atoms with Gasteiger partial charge in [-0.05, 0) is 62.8 Å². The number of hydrogen-bond donors (Lipinski definition) is 0. The number of benzene rings is 1. The standard InChI is InChI=1S/C30H37N5O3S/c1-37-29(36)24-11-9-23(10-12-24)28-34-33-27(39-28)22-7-5-21(6-8-22)25-17-31-30(32-18-25)35-15-13-26(14-16-35)38-19-20-3-2-4-20/h5-8,17-18,20,23-24,26H,2-4,9-16,19H2,1H3. The van der Waals surface area contributed by atoms with Crippen LogP contribution in [0.3, 0.4) is 0 Å². The first kappa shape index (κ1) is 26.3. The van der Waals surface area contributed by atoms with Gasteiger partial charge >= 0.3 is 5.97 Å². The smallest absolute Gasteiger partial charge is 0.308 e. The summed E-state index contributed by atoms with van der Waals surface area (Å²) in [4.78, 5) is 23.4. The van der Waals surface area contributed by atoms with Gasteiger partial charge in [-0.25, -0.2) is 9.97 Å². The molecule has 3 aromatic rings. The number of nitrogens with zero attached hydrogens (tertiary/aromatic N) is 5. The second-order valence-corrected chi connectivity index (χ2v) is 12.2. The van der Waals surface area contributed by atoms with Gasteiger partial charge in [0.25, 0.3) is 0 Å². The summed E-state index contributed by atoms with van der Waals surface area (Å²) >= 11 is 1.66. The van der Waals surface area contributed by atoms with Gasteiger partial charge in [0.15, 0.2) is 0 Å². The van der Waals surface area contributed by atoms with Gasteiger partial charge in [0.1, 0.15) is 10.0 Å². The van der Waals surface area contributed by atoms with Crippen molar-refractivity contribution in [3.05, 3.63) is 41.7 Å². The summed E-state index contributed by atoms with van der Waals surface area (Å²) in [7, 11) is 1.47. The van der Waals surface area contributed by atoms with Gasteiger partial charge in [0, 0.05) is 49.1 Å². The lowest BCUT2D eigenvalue weighted by atomic mass is 9.82. The molecule has 1 aliphatic heterocycles. The van der Waals surface area contributed by atoms with E-state index in [0.717, 1.165) is 96.8 Å². The van der Waals surface area contributed by atoms with Crippen molar-refractivity contribution in [1.29, 1.82) is 0 Å². The van der Waals surface area contributed by atoms with Crippen LogP contribution in [0.15, 0.2) is 36.7 Å². The molecular formula is C30H37N5O3S. The molecule has 3 fully saturated rings. The molecule has 39 heavy (non-hydrogen) atoms. The lowest BCUT2D eigenvalue weighted by Gasteiger charge is -2.34. The number of methoxy groups -OCH3 is 1. The molecule has 1 saturated heterocycles. The summed E-state index contributed by atoms with van der Waals surface area (Å²) in [5.74, 6) is 1.91. The Kier molecular flexibility index (Phi) is 8.16. The fourth-order valence-corrected chi connectivity index (χ4v) is 6.87. The zero-order valence-corrected chi connectivity index (χ0v) is 23.4. The van der Waals surface area contributed by atoms with Gasteiger partial charge in [-0.15, -0.1) is 10.2 Å². The van der Waals surface area contributed by atoms with Gasteiger partial charge in [-0.1, -0.05) is 42.0 Å². The van der Waals surface area contributed by atoms with Crippen LogP contribution < -0.4 is 4.90 Å². The quantitative estimate of drug-likeness (QED) is 0.322. The molecule has 1 aromatic carbocycles. The highest BCUT2D eigenvalue weighted by molar-refractivity contribution is 7.14. The summed E-state index contributed by atoms with van der Waals surface area (Å²) in [6.07, 6.45) is 14.0. The third-order valence-corrected chi connectivity index (χ3v) is 9.81. The first-order chi connectivity index (χ1) is 19.2. The normalized spacial score (nSPS) is 22.4. The predicted octanol–water partition coefficient (Wildman–Crippen LogP) is 5.89. The number of carbonyl (C=O) groups is 1. The second-order valence-electron chi connectivity index (χ2n) is 11.2. The maximum Gasteiger partial charge on any atom is 0.308 e. The average Bonchev–Trinajstić information content (AvgIpc) is 3.47. The maximum absolute atomic E-state index is 11.8. The largest absolute Gasteiger partial charge is 0.469 e. The SMILES string of the molecule is COC(=O)C1CCC(c2nnc(-c3ccc(-c4cnc(N5CCC(OCC6CCC6)CC5)nc4)cc3)s2)CC1. The molecule has 2 saturated carbocycles. The van der Waals surface area contributed by atoms with E-state index in [9.17, 15) is 4.79 Å². The molecule has 206 valence electrons. The van der Waals surface area contributed by atoms with E-state index in [2.05, 4.69) is 49.3 Å². The minimum atomic E-state index is -0.0871. The molecule has 2 aromatic heterocycles. The Hall–Kier alpha value is -2.91. The van der Waals surface area contributed by atoms with E-state index in [1.54, 1.807) is 11.3 Å². The molecule has 0 atom stereocenters. The molecule has 0 unspecified atom stereocenters. The van der Waals surface area contributed by atoms with Crippen molar-refractivity contribution in [2.24, 2.45) is 11.8 Å². The Bertz CT molecular complexity index is 1230. The number of esters is 1. The summed E-state index contributed by atoms with van der Waals surface area (Å²) < 4.78 is 11.1. The topological polar surface area (TPSA) is 90.3 Å². The van der Waals surface area contributed by atoms with Crippen LogP contribution in [-0.2, 0) is 14.3 Å². The van der Waals surface area contributed by atoms with E-state index >= 15 is 0 Å². The van der Waals surface area contributed by atoms with Crippen LogP contribution in [0.25, 0.3) is 21.7 Å². The summed E-state index contributed by atoms with van der Waals surface area (Å²) in [5.41, 5.74) is 3.15. The van der Waals surface area contributed by atoms with E-state index in [-0.39, 0.29) is 11.9 Å². The molecule has 0 N–H and O–H groups in total. The Morgan fingerprint density at radius 2 is 1.59 bits per heavy atom. The molecule has 0 spiro atoms. The van der Waals surface area contributed by atoms with Crippen LogP contribution >= 0.6 is 11.3 Å². The summed E-state index contributed by atoms with van der Waals surface area (Å²) in [6, 6.07) is 8.38. The van der Waals surface area contributed by atoms with Crippen molar-refractivity contribution in [1.82, 2.24) is 20.2 Å². The van der Waals surface area contributed by atoms with Crippen molar-refractivity contribution < 1.29 is 14.3 Å². The fraction of sp³-hybridized carbons (Fsp3) is 0.567. The zero-order chi connectivity index (χ0) is 26.6. The molecular weight excluding hydrogens is 510 g/mol. The van der Waals surface area contributed by atoms with Crippen molar-refractivity contribution in [2.45, 2.75) is 69.8 Å². The van der Waals surface area contributed by atoms with E-state index in [0.29, 0.717) is 12.0 Å². The van der Waals surface area contributed by atoms with Gasteiger partial charge in [0.05, 0.1) is 19.1 Å². The summed E-state index contributed by atoms with van der Waals surface area (Å²) in [6.45, 7) is 2.83. The van der Waals surface area contributed by atoms with E-state index in [1.807, 2.05) is 12.4 Å². The highest BCUT2D eigenvalue weighted by Gasteiger charge is 2.29. The number of rotatable bonds is 8. The maximum atomic E-state index is 11.8.